The van der Waals surface area contributed by atoms with Crippen LogP contribution in [0.15, 0.2) is 24.3 Å². The van der Waals surface area contributed by atoms with Gasteiger partial charge in [-0.05, 0) is 37.8 Å². The number of aryl methyl sites for hydroxylation is 1. The van der Waals surface area contributed by atoms with Crippen LogP contribution >= 0.6 is 11.8 Å². The van der Waals surface area contributed by atoms with Crippen molar-refractivity contribution < 1.29 is 9.59 Å². The summed E-state index contributed by atoms with van der Waals surface area (Å²) in [6, 6.07) is 7.30. The maximum Gasteiger partial charge on any atom is 0.255 e. The molecule has 2 atom stereocenters. The Bertz CT molecular complexity index is 599. The number of benzene rings is 1. The zero-order valence-corrected chi connectivity index (χ0v) is 16.6. The van der Waals surface area contributed by atoms with E-state index in [1.54, 1.807) is 11.8 Å². The molecule has 4 nitrogen and oxygen atoms in total. The van der Waals surface area contributed by atoms with Gasteiger partial charge in [0, 0.05) is 24.4 Å². The van der Waals surface area contributed by atoms with Crippen molar-refractivity contribution in [1.82, 2.24) is 9.80 Å². The van der Waals surface area contributed by atoms with Gasteiger partial charge < -0.3 is 9.80 Å². The first kappa shape index (κ1) is 19.8. The van der Waals surface area contributed by atoms with Gasteiger partial charge in [0.05, 0.1) is 5.37 Å². The van der Waals surface area contributed by atoms with Crippen LogP contribution in [0.3, 0.4) is 0 Å². The summed E-state index contributed by atoms with van der Waals surface area (Å²) in [4.78, 5) is 30.1. The third-order valence-electron chi connectivity index (χ3n) is 4.64. The van der Waals surface area contributed by atoms with Crippen LogP contribution in [-0.4, -0.2) is 51.9 Å². The van der Waals surface area contributed by atoms with Gasteiger partial charge in [-0.25, -0.2) is 0 Å². The molecule has 2 amide bonds. The second-order valence-corrected chi connectivity index (χ2v) is 7.78. The summed E-state index contributed by atoms with van der Waals surface area (Å²) in [5, 5.41) is 0.0751. The monoisotopic (exact) mass is 362 g/mol. The van der Waals surface area contributed by atoms with Gasteiger partial charge in [-0.15, -0.1) is 11.8 Å². The maximum absolute atomic E-state index is 13.2. The SMILES string of the molecule is CCCN(CCC)C(=O)C1CSC(CC)N1C(=O)c1ccccc1C. The van der Waals surface area contributed by atoms with Crippen LogP contribution in [-0.2, 0) is 4.79 Å². The molecule has 0 saturated carbocycles. The molecule has 0 bridgehead atoms. The predicted octanol–water partition coefficient (Wildman–Crippen LogP) is 3.94. The number of thioether (sulfide) groups is 1. The molecule has 1 fully saturated rings. The Morgan fingerprint density at radius 1 is 1.16 bits per heavy atom. The predicted molar refractivity (Wildman–Crippen MR) is 105 cm³/mol. The fourth-order valence-corrected chi connectivity index (χ4v) is 4.72. The molecule has 1 aromatic carbocycles. The van der Waals surface area contributed by atoms with E-state index in [4.69, 9.17) is 0 Å². The van der Waals surface area contributed by atoms with Crippen LogP contribution in [0.2, 0.25) is 0 Å². The van der Waals surface area contributed by atoms with Gasteiger partial charge in [0.15, 0.2) is 0 Å². The number of rotatable bonds is 7. The van der Waals surface area contributed by atoms with Crippen LogP contribution in [0.25, 0.3) is 0 Å². The van der Waals surface area contributed by atoms with Gasteiger partial charge in [-0.2, -0.15) is 0 Å². The van der Waals surface area contributed by atoms with Crippen molar-refractivity contribution in [3.63, 3.8) is 0 Å². The van der Waals surface area contributed by atoms with Crippen molar-refractivity contribution in [2.75, 3.05) is 18.8 Å². The van der Waals surface area contributed by atoms with Gasteiger partial charge in [0.2, 0.25) is 5.91 Å². The standard InChI is InChI=1S/C20H30N2O2S/c1-5-12-21(13-6-2)20(24)17-14-25-18(7-3)22(17)19(23)16-11-9-8-10-15(16)4/h8-11,17-18H,5-7,12-14H2,1-4H3. The van der Waals surface area contributed by atoms with Gasteiger partial charge in [-0.3, -0.25) is 9.59 Å². The Morgan fingerprint density at radius 3 is 2.36 bits per heavy atom. The third kappa shape index (κ3) is 4.38. The highest BCUT2D eigenvalue weighted by Crippen LogP contribution is 2.34. The lowest BCUT2D eigenvalue weighted by Gasteiger charge is -2.32. The molecule has 1 aliphatic heterocycles. The largest absolute Gasteiger partial charge is 0.341 e. The molecule has 0 aromatic heterocycles. The van der Waals surface area contributed by atoms with Crippen molar-refractivity contribution in [2.24, 2.45) is 0 Å². The quantitative estimate of drug-likeness (QED) is 0.738. The molecular formula is C20H30N2O2S. The van der Waals surface area contributed by atoms with Gasteiger partial charge in [-0.1, -0.05) is 39.0 Å². The summed E-state index contributed by atoms with van der Waals surface area (Å²) in [5.41, 5.74) is 1.67. The lowest BCUT2D eigenvalue weighted by Crippen LogP contribution is -2.51. The van der Waals surface area contributed by atoms with Gasteiger partial charge in [0.25, 0.3) is 5.91 Å². The Morgan fingerprint density at radius 2 is 1.80 bits per heavy atom. The fraction of sp³-hybridized carbons (Fsp3) is 0.600. The summed E-state index contributed by atoms with van der Waals surface area (Å²) >= 11 is 1.73. The highest BCUT2D eigenvalue weighted by atomic mass is 32.2. The van der Waals surface area contributed by atoms with E-state index in [1.807, 2.05) is 41.0 Å². The Kier molecular flexibility index (Phi) is 7.36. The second kappa shape index (κ2) is 9.27. The Balaban J connectivity index is 2.29. The molecule has 2 unspecified atom stereocenters. The molecule has 5 heteroatoms. The summed E-state index contributed by atoms with van der Waals surface area (Å²) < 4.78 is 0. The van der Waals surface area contributed by atoms with Gasteiger partial charge in [0.1, 0.15) is 6.04 Å². The summed E-state index contributed by atoms with van der Waals surface area (Å²) in [6.45, 7) is 9.73. The molecule has 0 radical (unpaired) electrons. The van der Waals surface area contributed by atoms with Crippen molar-refractivity contribution in [2.45, 2.75) is 58.4 Å². The zero-order chi connectivity index (χ0) is 18.4. The van der Waals surface area contributed by atoms with E-state index in [9.17, 15) is 9.59 Å². The summed E-state index contributed by atoms with van der Waals surface area (Å²) in [7, 11) is 0. The van der Waals surface area contributed by atoms with Crippen molar-refractivity contribution in [3.8, 4) is 0 Å². The molecule has 1 saturated heterocycles. The molecule has 0 spiro atoms. The number of hydrogen-bond acceptors (Lipinski definition) is 3. The van der Waals surface area contributed by atoms with Crippen LogP contribution in [0.4, 0.5) is 0 Å². The second-order valence-electron chi connectivity index (χ2n) is 6.56. The average Bonchev–Trinajstić information content (AvgIpc) is 3.04. The third-order valence-corrected chi connectivity index (χ3v) is 6.09. The summed E-state index contributed by atoms with van der Waals surface area (Å²) in [5.74, 6) is 0.786. The number of carbonyl (C=O) groups is 2. The fourth-order valence-electron chi connectivity index (χ4n) is 3.38. The number of hydrogen-bond donors (Lipinski definition) is 0. The summed E-state index contributed by atoms with van der Waals surface area (Å²) in [6.07, 6.45) is 2.73. The average molecular weight is 363 g/mol. The zero-order valence-electron chi connectivity index (χ0n) is 15.8. The smallest absolute Gasteiger partial charge is 0.255 e. The van der Waals surface area contributed by atoms with E-state index in [-0.39, 0.29) is 23.2 Å². The van der Waals surface area contributed by atoms with Crippen molar-refractivity contribution in [3.05, 3.63) is 35.4 Å². The van der Waals surface area contributed by atoms with E-state index >= 15 is 0 Å². The first-order valence-electron chi connectivity index (χ1n) is 9.33. The van der Waals surface area contributed by atoms with E-state index in [2.05, 4.69) is 20.8 Å². The normalized spacial score (nSPS) is 19.9. The van der Waals surface area contributed by atoms with Crippen LogP contribution in [0.5, 0.6) is 0 Å². The number of nitrogens with zero attached hydrogens (tertiary/aromatic N) is 2. The first-order valence-corrected chi connectivity index (χ1v) is 10.4. The minimum absolute atomic E-state index is 0.0127. The van der Waals surface area contributed by atoms with Crippen molar-refractivity contribution >= 4 is 23.6 Å². The van der Waals surface area contributed by atoms with Crippen LogP contribution in [0, 0.1) is 6.92 Å². The van der Waals surface area contributed by atoms with E-state index in [0.29, 0.717) is 11.3 Å². The Hall–Kier alpha value is -1.49. The molecule has 1 heterocycles. The first-order chi connectivity index (χ1) is 12.0. The minimum atomic E-state index is -0.347. The van der Waals surface area contributed by atoms with E-state index < -0.39 is 0 Å². The molecule has 1 aromatic rings. The lowest BCUT2D eigenvalue weighted by molar-refractivity contribution is -0.135. The topological polar surface area (TPSA) is 40.6 Å². The van der Waals surface area contributed by atoms with Crippen LogP contribution in [0.1, 0.15) is 56.0 Å². The van der Waals surface area contributed by atoms with Gasteiger partial charge >= 0.3 is 0 Å². The molecule has 25 heavy (non-hydrogen) atoms. The number of carbonyl (C=O) groups excluding carboxylic acids is 2. The van der Waals surface area contributed by atoms with E-state index in [0.717, 1.165) is 37.9 Å². The molecule has 1 aliphatic rings. The Labute approximate surface area is 156 Å². The minimum Gasteiger partial charge on any atom is -0.341 e. The number of amides is 2. The van der Waals surface area contributed by atoms with Crippen LogP contribution < -0.4 is 0 Å². The molecular weight excluding hydrogens is 332 g/mol. The highest BCUT2D eigenvalue weighted by Gasteiger charge is 2.42. The molecule has 0 N–H and O–H groups in total. The molecule has 2 rings (SSSR count). The lowest BCUT2D eigenvalue weighted by atomic mass is 10.1. The highest BCUT2D eigenvalue weighted by molar-refractivity contribution is 8.00. The molecule has 138 valence electrons. The van der Waals surface area contributed by atoms with Crippen molar-refractivity contribution in [1.29, 1.82) is 0 Å². The maximum atomic E-state index is 13.2. The molecule has 0 aliphatic carbocycles. The van der Waals surface area contributed by atoms with E-state index in [1.165, 1.54) is 0 Å².